The summed E-state index contributed by atoms with van der Waals surface area (Å²) in [5, 5.41) is 57.2. The third-order valence-electron chi connectivity index (χ3n) is 16.4. The Kier molecular flexibility index (Phi) is 56.4. The predicted octanol–water partition coefficient (Wildman–Crippen LogP) is 17.7. The molecule has 1 rings (SSSR count). The molecule has 1 aliphatic heterocycles. The number of nitrogens with one attached hydrogen (secondary N) is 1. The topological polar surface area (TPSA) is 175 Å². The summed E-state index contributed by atoms with van der Waals surface area (Å²) in [5.74, 6) is -1.19. The Hall–Kier alpha value is -2.64. The molecule has 1 fully saturated rings. The van der Waals surface area contributed by atoms with E-state index in [0.717, 1.165) is 83.5 Å². The van der Waals surface area contributed by atoms with E-state index in [1.807, 2.05) is 6.08 Å². The van der Waals surface area contributed by atoms with Crippen LogP contribution >= 0.6 is 0 Å². The Morgan fingerprint density at radius 3 is 1.27 bits per heavy atom. The van der Waals surface area contributed by atoms with Crippen molar-refractivity contribution in [3.63, 3.8) is 0 Å². The highest BCUT2D eigenvalue weighted by molar-refractivity contribution is 5.80. The molecule has 484 valence electrons. The van der Waals surface area contributed by atoms with Crippen LogP contribution in [-0.2, 0) is 23.8 Å². The highest BCUT2D eigenvalue weighted by atomic mass is 16.7. The van der Waals surface area contributed by atoms with Crippen LogP contribution in [0.15, 0.2) is 60.8 Å². The van der Waals surface area contributed by atoms with E-state index in [0.29, 0.717) is 19.3 Å². The fourth-order valence-electron chi connectivity index (χ4n) is 10.9. The van der Waals surface area contributed by atoms with Crippen molar-refractivity contribution in [3.8, 4) is 0 Å². The molecule has 0 aromatic carbocycles. The van der Waals surface area contributed by atoms with Crippen LogP contribution in [0.5, 0.6) is 0 Å². The van der Waals surface area contributed by atoms with Gasteiger partial charge in [0.1, 0.15) is 24.4 Å². The molecule has 0 saturated carbocycles. The van der Waals surface area contributed by atoms with Gasteiger partial charge in [-0.15, -0.1) is 0 Å². The third kappa shape index (κ3) is 47.2. The molecular weight excluding hydrogens is 1040 g/mol. The van der Waals surface area contributed by atoms with Gasteiger partial charge in [-0.3, -0.25) is 9.59 Å². The van der Waals surface area contributed by atoms with Crippen LogP contribution in [0.3, 0.4) is 0 Å². The summed E-state index contributed by atoms with van der Waals surface area (Å²) < 4.78 is 17.7. The van der Waals surface area contributed by atoms with E-state index < -0.39 is 67.4 Å². The quantitative estimate of drug-likeness (QED) is 0.0195. The summed E-state index contributed by atoms with van der Waals surface area (Å²) in [6.45, 7) is 5.79. The van der Waals surface area contributed by atoms with Gasteiger partial charge in [-0.05, 0) is 70.6 Å². The second kappa shape index (κ2) is 59.7. The highest BCUT2D eigenvalue weighted by Gasteiger charge is 2.47. The van der Waals surface area contributed by atoms with Gasteiger partial charge in [0.25, 0.3) is 0 Å². The zero-order chi connectivity index (χ0) is 60.3. The van der Waals surface area contributed by atoms with Crippen LogP contribution < -0.4 is 5.32 Å². The van der Waals surface area contributed by atoms with E-state index in [1.165, 1.54) is 193 Å². The van der Waals surface area contributed by atoms with Crippen LogP contribution in [0.25, 0.3) is 0 Å². The molecule has 0 radical (unpaired) electrons. The van der Waals surface area contributed by atoms with Gasteiger partial charge < -0.3 is 45.1 Å². The molecule has 6 N–H and O–H groups in total. The number of unbranched alkanes of at least 4 members (excludes halogenated alkanes) is 38. The van der Waals surface area contributed by atoms with Gasteiger partial charge in [0.2, 0.25) is 5.91 Å². The summed E-state index contributed by atoms with van der Waals surface area (Å²) in [6.07, 6.45) is 65.4. The first kappa shape index (κ1) is 78.4. The van der Waals surface area contributed by atoms with Gasteiger partial charge in [0.15, 0.2) is 12.4 Å². The minimum Gasteiger partial charge on any atom is -0.454 e. The van der Waals surface area contributed by atoms with Crippen LogP contribution in [0, 0.1) is 0 Å². The lowest BCUT2D eigenvalue weighted by atomic mass is 9.99. The lowest BCUT2D eigenvalue weighted by Gasteiger charge is -2.41. The van der Waals surface area contributed by atoms with Gasteiger partial charge in [0, 0.05) is 6.42 Å². The summed E-state index contributed by atoms with van der Waals surface area (Å²) in [7, 11) is 0. The van der Waals surface area contributed by atoms with Crippen molar-refractivity contribution in [1.82, 2.24) is 5.32 Å². The number of esters is 1. The molecule has 1 saturated heterocycles. The van der Waals surface area contributed by atoms with Crippen molar-refractivity contribution in [2.24, 2.45) is 0 Å². The van der Waals surface area contributed by atoms with E-state index in [2.05, 4.69) is 74.7 Å². The molecule has 83 heavy (non-hydrogen) atoms. The molecule has 0 aliphatic carbocycles. The second-order valence-corrected chi connectivity index (χ2v) is 24.3. The lowest BCUT2D eigenvalue weighted by molar-refractivity contribution is -0.305. The number of amides is 1. The van der Waals surface area contributed by atoms with E-state index in [9.17, 15) is 35.1 Å². The molecule has 0 aromatic heterocycles. The number of hydrogen-bond donors (Lipinski definition) is 6. The van der Waals surface area contributed by atoms with E-state index in [1.54, 1.807) is 6.08 Å². The first-order valence-corrected chi connectivity index (χ1v) is 35.1. The Morgan fingerprint density at radius 1 is 0.470 bits per heavy atom. The van der Waals surface area contributed by atoms with Crippen molar-refractivity contribution in [2.45, 2.75) is 372 Å². The summed E-state index contributed by atoms with van der Waals surface area (Å²) in [6, 6.07) is -1.02. The van der Waals surface area contributed by atoms with E-state index in [4.69, 9.17) is 14.2 Å². The Morgan fingerprint density at radius 2 is 0.831 bits per heavy atom. The Labute approximate surface area is 509 Å². The normalized spacial score (nSPS) is 18.9. The molecule has 8 atom stereocenters. The lowest BCUT2D eigenvalue weighted by Crippen LogP contribution is -2.61. The van der Waals surface area contributed by atoms with Gasteiger partial charge in [0.05, 0.1) is 25.4 Å². The fraction of sp³-hybridized carbons (Fsp3) is 0.833. The maximum Gasteiger partial charge on any atom is 0.306 e. The van der Waals surface area contributed by atoms with E-state index >= 15 is 0 Å². The first-order valence-electron chi connectivity index (χ1n) is 35.1. The fourth-order valence-corrected chi connectivity index (χ4v) is 10.9. The molecule has 0 aromatic rings. The SMILES string of the molecule is CCCCC/C=C\C/C=C\C/C=C\C/C=C\CCCCCCCCCCCCCC(=O)OC1C(OCC(NC(=O)C(O)CCCCCCCCCCCCCCCC)C(O)/C=C/CCCCCCCCCCCCC)OC(CO)C(O)C1O. The van der Waals surface area contributed by atoms with Crippen LogP contribution in [0.4, 0.5) is 0 Å². The second-order valence-electron chi connectivity index (χ2n) is 24.3. The monoisotopic (exact) mass is 1170 g/mol. The predicted molar refractivity (Wildman–Crippen MR) is 347 cm³/mol. The maximum atomic E-state index is 13.4. The van der Waals surface area contributed by atoms with Gasteiger partial charge >= 0.3 is 5.97 Å². The number of aliphatic hydroxyl groups excluding tert-OH is 5. The summed E-state index contributed by atoms with van der Waals surface area (Å²) in [4.78, 5) is 26.6. The van der Waals surface area contributed by atoms with Crippen LogP contribution in [0.1, 0.15) is 323 Å². The molecule has 1 amide bonds. The first-order chi connectivity index (χ1) is 40.7. The number of carbonyl (C=O) groups is 2. The minimum absolute atomic E-state index is 0.120. The third-order valence-corrected chi connectivity index (χ3v) is 16.4. The van der Waals surface area contributed by atoms with Gasteiger partial charge in [-0.1, -0.05) is 306 Å². The number of carbonyl (C=O) groups excluding carboxylic acids is 2. The summed E-state index contributed by atoms with van der Waals surface area (Å²) >= 11 is 0. The average molecular weight is 1170 g/mol. The summed E-state index contributed by atoms with van der Waals surface area (Å²) in [5.41, 5.74) is 0. The Balaban J connectivity index is 2.56. The zero-order valence-corrected chi connectivity index (χ0v) is 53.8. The molecule has 0 spiro atoms. The van der Waals surface area contributed by atoms with Crippen molar-refractivity contribution in [1.29, 1.82) is 0 Å². The molecule has 11 nitrogen and oxygen atoms in total. The standard InChI is InChI=1S/C72H131NO10/c1-4-7-10-13-16-19-22-25-27-28-29-30-31-32-33-34-35-36-37-38-39-42-45-48-51-54-57-60-67(77)83-70-69(79)68(78)66(61-74)82-72(70)81-62-63(64(75)58-55-52-49-46-43-40-24-21-18-15-12-9-6-3)73-71(80)65(76)59-56-53-50-47-44-41-26-23-20-17-14-11-8-5-2/h16,19,25,27,29-30,32-33,55,58,63-66,68-70,72,74-76,78-79H,4-15,17-18,20-24,26,28,31,34-54,56-57,59-62H2,1-3H3,(H,73,80)/b19-16-,27-25-,30-29-,33-32-,58-55+. The maximum absolute atomic E-state index is 13.4. The van der Waals surface area contributed by atoms with Gasteiger partial charge in [-0.25, -0.2) is 0 Å². The molecular formula is C72H131NO10. The number of hydrogen-bond acceptors (Lipinski definition) is 10. The highest BCUT2D eigenvalue weighted by Crippen LogP contribution is 2.26. The van der Waals surface area contributed by atoms with Crippen molar-refractivity contribution >= 4 is 11.9 Å². The molecule has 8 unspecified atom stereocenters. The molecule has 0 bridgehead atoms. The Bertz CT molecular complexity index is 1580. The number of rotatable bonds is 60. The molecule has 1 aliphatic rings. The molecule has 1 heterocycles. The molecule has 11 heteroatoms. The van der Waals surface area contributed by atoms with Crippen molar-refractivity contribution < 1.29 is 49.3 Å². The van der Waals surface area contributed by atoms with Gasteiger partial charge in [-0.2, -0.15) is 0 Å². The zero-order valence-electron chi connectivity index (χ0n) is 53.8. The van der Waals surface area contributed by atoms with E-state index in [-0.39, 0.29) is 13.0 Å². The van der Waals surface area contributed by atoms with Crippen molar-refractivity contribution in [3.05, 3.63) is 60.8 Å². The smallest absolute Gasteiger partial charge is 0.306 e. The van der Waals surface area contributed by atoms with Crippen molar-refractivity contribution in [2.75, 3.05) is 13.2 Å². The number of allylic oxidation sites excluding steroid dienone is 9. The average Bonchev–Trinajstić information content (AvgIpc) is 3.61. The number of ether oxygens (including phenoxy) is 3. The van der Waals surface area contributed by atoms with Crippen LogP contribution in [-0.4, -0.2) is 99.6 Å². The largest absolute Gasteiger partial charge is 0.454 e. The number of aliphatic hydroxyl groups is 5. The minimum atomic E-state index is -1.62. The van der Waals surface area contributed by atoms with Crippen LogP contribution in [0.2, 0.25) is 0 Å².